The Morgan fingerprint density at radius 3 is 2.74 bits per heavy atom. The first-order valence-corrected chi connectivity index (χ1v) is 10.3. The molecular weight excluding hydrogens is 380 g/mol. The van der Waals surface area contributed by atoms with E-state index in [-0.39, 0.29) is 5.91 Å². The maximum absolute atomic E-state index is 12.4. The summed E-state index contributed by atoms with van der Waals surface area (Å²) in [7, 11) is 1.62. The highest BCUT2D eigenvalue weighted by Gasteiger charge is 2.13. The topological polar surface area (TPSA) is 64.4 Å². The average Bonchev–Trinajstić information content (AvgIpc) is 3.33. The van der Waals surface area contributed by atoms with Crippen molar-refractivity contribution >= 4 is 45.1 Å². The Morgan fingerprint density at radius 2 is 2.00 bits per heavy atom. The van der Waals surface area contributed by atoms with E-state index in [1.54, 1.807) is 18.9 Å². The first kappa shape index (κ1) is 17.6. The molecule has 2 heterocycles. The van der Waals surface area contributed by atoms with Crippen LogP contribution < -0.4 is 10.1 Å². The quantitative estimate of drug-likeness (QED) is 0.449. The van der Waals surface area contributed by atoms with Gasteiger partial charge in [-0.2, -0.15) is 0 Å². The number of anilines is 1. The third-order valence-electron chi connectivity index (χ3n) is 4.06. The number of amides is 1. The van der Waals surface area contributed by atoms with Crippen LogP contribution in [0.15, 0.2) is 63.2 Å². The number of carbonyl (C=O) groups excluding carboxylic acids is 1. The summed E-state index contributed by atoms with van der Waals surface area (Å²) >= 11 is 3.00. The van der Waals surface area contributed by atoms with E-state index in [1.807, 2.05) is 60.2 Å². The largest absolute Gasteiger partial charge is 0.497 e. The summed E-state index contributed by atoms with van der Waals surface area (Å²) in [4.78, 5) is 18.0. The number of rotatable bonds is 5. The predicted octanol–water partition coefficient (Wildman–Crippen LogP) is 5.54. The van der Waals surface area contributed by atoms with Crippen molar-refractivity contribution in [2.75, 3.05) is 18.7 Å². The monoisotopic (exact) mass is 396 g/mol. The lowest BCUT2D eigenvalue weighted by Crippen LogP contribution is -2.11. The maximum atomic E-state index is 12.4. The zero-order chi connectivity index (χ0) is 18.8. The van der Waals surface area contributed by atoms with Gasteiger partial charge >= 0.3 is 0 Å². The van der Waals surface area contributed by atoms with E-state index in [0.29, 0.717) is 22.1 Å². The summed E-state index contributed by atoms with van der Waals surface area (Å²) in [6, 6.07) is 15.1. The first-order chi connectivity index (χ1) is 13.2. The van der Waals surface area contributed by atoms with Crippen LogP contribution in [0.2, 0.25) is 0 Å². The Bertz CT molecular complexity index is 1100. The van der Waals surface area contributed by atoms with Crippen LogP contribution in [0.5, 0.6) is 5.75 Å². The van der Waals surface area contributed by atoms with E-state index in [4.69, 9.17) is 9.15 Å². The Balaban J connectivity index is 1.53. The van der Waals surface area contributed by atoms with Gasteiger partial charge < -0.3 is 9.15 Å². The molecule has 7 heteroatoms. The number of thiazole rings is 1. The van der Waals surface area contributed by atoms with Gasteiger partial charge in [0.25, 0.3) is 5.91 Å². The molecule has 1 amide bonds. The minimum atomic E-state index is -0.183. The molecule has 0 atom stereocenters. The number of nitrogens with zero attached hydrogens (tertiary/aromatic N) is 1. The van der Waals surface area contributed by atoms with E-state index in [9.17, 15) is 4.79 Å². The fourth-order valence-electron chi connectivity index (χ4n) is 2.62. The van der Waals surface area contributed by atoms with Gasteiger partial charge in [-0.15, -0.1) is 23.1 Å². The van der Waals surface area contributed by atoms with Gasteiger partial charge in [0.2, 0.25) is 0 Å². The van der Waals surface area contributed by atoms with Crippen LogP contribution >= 0.6 is 23.1 Å². The molecular formula is C20H16N2O3S2. The third kappa shape index (κ3) is 3.70. The molecule has 0 aliphatic rings. The number of nitrogens with one attached hydrogen (secondary N) is 1. The molecule has 4 rings (SSSR count). The van der Waals surface area contributed by atoms with Crippen LogP contribution in [0, 0.1) is 0 Å². The fraction of sp³-hybridized carbons (Fsp3) is 0.100. The standard InChI is InChI=1S/C20H16N2O3S2/c1-24-14-6-3-13-9-18(25-17(13)10-14)16-11-27-20(21-16)22-19(23)12-4-7-15(26-2)8-5-12/h3-11H,1-2H3,(H,21,22,23). The van der Waals surface area contributed by atoms with Gasteiger partial charge in [-0.3, -0.25) is 10.1 Å². The molecule has 136 valence electrons. The minimum Gasteiger partial charge on any atom is -0.497 e. The van der Waals surface area contributed by atoms with Crippen molar-refractivity contribution < 1.29 is 13.9 Å². The molecule has 5 nitrogen and oxygen atoms in total. The number of benzene rings is 2. The van der Waals surface area contributed by atoms with E-state index in [0.717, 1.165) is 21.6 Å². The van der Waals surface area contributed by atoms with Crippen molar-refractivity contribution in [3.8, 4) is 17.2 Å². The molecule has 1 N–H and O–H groups in total. The number of aromatic nitrogens is 1. The summed E-state index contributed by atoms with van der Waals surface area (Å²) in [5.41, 5.74) is 2.01. The zero-order valence-corrected chi connectivity index (χ0v) is 16.3. The summed E-state index contributed by atoms with van der Waals surface area (Å²) in [5.74, 6) is 1.21. The van der Waals surface area contributed by atoms with Gasteiger partial charge in [-0.25, -0.2) is 4.98 Å². The van der Waals surface area contributed by atoms with E-state index < -0.39 is 0 Å². The molecule has 4 aromatic rings. The maximum Gasteiger partial charge on any atom is 0.257 e. The lowest BCUT2D eigenvalue weighted by atomic mass is 10.2. The number of hydrogen-bond acceptors (Lipinski definition) is 6. The van der Waals surface area contributed by atoms with Gasteiger partial charge in [0.15, 0.2) is 10.9 Å². The number of carbonyl (C=O) groups is 1. The van der Waals surface area contributed by atoms with Gasteiger partial charge in [0, 0.05) is 27.3 Å². The van der Waals surface area contributed by atoms with Gasteiger partial charge in [0.05, 0.1) is 7.11 Å². The number of furan rings is 1. The molecule has 0 spiro atoms. The van der Waals surface area contributed by atoms with Crippen LogP contribution in [-0.4, -0.2) is 24.3 Å². The van der Waals surface area contributed by atoms with E-state index in [1.165, 1.54) is 11.3 Å². The minimum absolute atomic E-state index is 0.183. The summed E-state index contributed by atoms with van der Waals surface area (Å²) < 4.78 is 11.1. The number of ether oxygens (including phenoxy) is 1. The molecule has 0 saturated heterocycles. The summed E-state index contributed by atoms with van der Waals surface area (Å²) in [5, 5.41) is 6.20. The number of fused-ring (bicyclic) bond motifs is 1. The first-order valence-electron chi connectivity index (χ1n) is 8.15. The Kier molecular flexibility index (Phi) is 4.87. The molecule has 2 aromatic heterocycles. The number of methoxy groups -OCH3 is 1. The average molecular weight is 396 g/mol. The van der Waals surface area contributed by atoms with Gasteiger partial charge in [-0.1, -0.05) is 0 Å². The third-order valence-corrected chi connectivity index (χ3v) is 5.56. The summed E-state index contributed by atoms with van der Waals surface area (Å²) in [6.07, 6.45) is 2.00. The molecule has 0 saturated carbocycles. The highest BCUT2D eigenvalue weighted by molar-refractivity contribution is 7.98. The molecule has 0 unspecified atom stereocenters. The van der Waals surface area contributed by atoms with Crippen LogP contribution in [0.1, 0.15) is 10.4 Å². The van der Waals surface area contributed by atoms with E-state index in [2.05, 4.69) is 10.3 Å². The van der Waals surface area contributed by atoms with Crippen LogP contribution in [0.25, 0.3) is 22.4 Å². The second-order valence-corrected chi connectivity index (χ2v) is 7.47. The van der Waals surface area contributed by atoms with E-state index >= 15 is 0 Å². The molecule has 0 bridgehead atoms. The predicted molar refractivity (Wildman–Crippen MR) is 110 cm³/mol. The highest BCUT2D eigenvalue weighted by atomic mass is 32.2. The highest BCUT2D eigenvalue weighted by Crippen LogP contribution is 2.32. The van der Waals surface area contributed by atoms with Crippen LogP contribution in [0.4, 0.5) is 5.13 Å². The van der Waals surface area contributed by atoms with Crippen molar-refractivity contribution in [3.63, 3.8) is 0 Å². The molecule has 0 aliphatic carbocycles. The van der Waals surface area contributed by atoms with Crippen LogP contribution in [-0.2, 0) is 0 Å². The van der Waals surface area contributed by atoms with Crippen molar-refractivity contribution in [1.29, 1.82) is 0 Å². The van der Waals surface area contributed by atoms with Crippen LogP contribution in [0.3, 0.4) is 0 Å². The molecule has 2 aromatic carbocycles. The second kappa shape index (κ2) is 7.46. The van der Waals surface area contributed by atoms with Crippen molar-refractivity contribution in [3.05, 3.63) is 59.5 Å². The fourth-order valence-corrected chi connectivity index (χ4v) is 3.72. The Hall–Kier alpha value is -2.77. The lowest BCUT2D eigenvalue weighted by Gasteiger charge is -2.02. The molecule has 0 fully saturated rings. The Labute approximate surface area is 164 Å². The molecule has 0 aliphatic heterocycles. The van der Waals surface area contributed by atoms with Crippen molar-refractivity contribution in [2.24, 2.45) is 0 Å². The number of thioether (sulfide) groups is 1. The van der Waals surface area contributed by atoms with Gasteiger partial charge in [0.1, 0.15) is 17.0 Å². The zero-order valence-electron chi connectivity index (χ0n) is 14.7. The normalized spacial score (nSPS) is 10.9. The molecule has 27 heavy (non-hydrogen) atoms. The van der Waals surface area contributed by atoms with Gasteiger partial charge in [-0.05, 0) is 48.7 Å². The lowest BCUT2D eigenvalue weighted by molar-refractivity contribution is 0.102. The smallest absolute Gasteiger partial charge is 0.257 e. The second-order valence-electron chi connectivity index (χ2n) is 5.73. The van der Waals surface area contributed by atoms with Crippen molar-refractivity contribution in [2.45, 2.75) is 4.90 Å². The summed E-state index contributed by atoms with van der Waals surface area (Å²) in [6.45, 7) is 0. The van der Waals surface area contributed by atoms with Crippen molar-refractivity contribution in [1.82, 2.24) is 4.98 Å². The SMILES string of the molecule is COc1ccc2cc(-c3csc(NC(=O)c4ccc(SC)cc4)n3)oc2c1. The Morgan fingerprint density at radius 1 is 1.19 bits per heavy atom. The number of hydrogen-bond donors (Lipinski definition) is 1. The molecule has 0 radical (unpaired) electrons.